The molecule has 0 bridgehead atoms. The molecule has 0 spiro atoms. The van der Waals surface area contributed by atoms with Gasteiger partial charge in [0.15, 0.2) is 0 Å². The number of hydrogen-bond donors (Lipinski definition) is 0. The van der Waals surface area contributed by atoms with E-state index in [9.17, 15) is 0 Å². The number of thioether (sulfide) groups is 1. The first-order valence-corrected chi connectivity index (χ1v) is 4.87. The zero-order chi connectivity index (χ0) is 8.91. The summed E-state index contributed by atoms with van der Waals surface area (Å²) in [6.07, 6.45) is 3.26. The maximum atomic E-state index is 4.01. The molecule has 0 atom stereocenters. The molecule has 0 fully saturated rings. The molecule has 0 saturated carbocycles. The number of allylic oxidation sites excluding steroid dienone is 2. The van der Waals surface area contributed by atoms with Crippen molar-refractivity contribution in [2.45, 2.75) is 34.1 Å². The van der Waals surface area contributed by atoms with Crippen molar-refractivity contribution < 1.29 is 0 Å². The summed E-state index contributed by atoms with van der Waals surface area (Å²) in [5, 5.41) is 2.12. The molecule has 0 heterocycles. The van der Waals surface area contributed by atoms with Crippen molar-refractivity contribution in [1.29, 1.82) is 0 Å². The van der Waals surface area contributed by atoms with Crippen LogP contribution in [0.4, 0.5) is 0 Å². The Labute approximate surface area is 74.8 Å². The molecular formula is C10H18S. The Morgan fingerprint density at radius 2 is 2.00 bits per heavy atom. The van der Waals surface area contributed by atoms with E-state index in [2.05, 4.69) is 45.8 Å². The lowest BCUT2D eigenvalue weighted by molar-refractivity contribution is 0.535. The molecule has 64 valence electrons. The molecule has 0 nitrogen and oxygen atoms in total. The molecule has 11 heavy (non-hydrogen) atoms. The van der Waals surface area contributed by atoms with Crippen LogP contribution in [0.15, 0.2) is 23.0 Å². The van der Waals surface area contributed by atoms with E-state index >= 15 is 0 Å². The quantitative estimate of drug-likeness (QED) is 0.611. The number of rotatable bonds is 3. The fourth-order valence-corrected chi connectivity index (χ4v) is 1.21. The Kier molecular flexibility index (Phi) is 4.58. The maximum absolute atomic E-state index is 4.01. The van der Waals surface area contributed by atoms with E-state index < -0.39 is 0 Å². The standard InChI is InChI=1S/C10H18S/c1-6-7-8-11-9(2)10(3,4)5/h7-8H,2,6H2,1,3-5H3/b8-7+. The van der Waals surface area contributed by atoms with Gasteiger partial charge in [0.25, 0.3) is 0 Å². The first kappa shape index (κ1) is 10.8. The highest BCUT2D eigenvalue weighted by Gasteiger charge is 2.13. The molecule has 0 radical (unpaired) electrons. The van der Waals surface area contributed by atoms with E-state index in [0.717, 1.165) is 6.42 Å². The molecule has 0 rings (SSSR count). The first-order valence-electron chi connectivity index (χ1n) is 3.99. The highest BCUT2D eigenvalue weighted by molar-refractivity contribution is 8.05. The van der Waals surface area contributed by atoms with Crippen LogP contribution in [0, 0.1) is 5.41 Å². The molecular weight excluding hydrogens is 152 g/mol. The smallest absolute Gasteiger partial charge is 0.00746 e. The lowest BCUT2D eigenvalue weighted by atomic mass is 9.97. The van der Waals surface area contributed by atoms with Gasteiger partial charge in [-0.2, -0.15) is 0 Å². The summed E-state index contributed by atoms with van der Waals surface area (Å²) in [7, 11) is 0. The zero-order valence-corrected chi connectivity index (χ0v) is 8.79. The van der Waals surface area contributed by atoms with Crippen LogP contribution >= 0.6 is 11.8 Å². The van der Waals surface area contributed by atoms with Gasteiger partial charge >= 0.3 is 0 Å². The highest BCUT2D eigenvalue weighted by Crippen LogP contribution is 2.33. The van der Waals surface area contributed by atoms with Crippen LogP contribution in [0.3, 0.4) is 0 Å². The highest BCUT2D eigenvalue weighted by atomic mass is 32.2. The van der Waals surface area contributed by atoms with Crippen LogP contribution in [0.2, 0.25) is 0 Å². The Bertz CT molecular complexity index is 149. The minimum absolute atomic E-state index is 0.225. The molecule has 0 aromatic rings. The van der Waals surface area contributed by atoms with Crippen LogP contribution in [0.1, 0.15) is 34.1 Å². The largest absolute Gasteiger partial charge is 0.103 e. The minimum Gasteiger partial charge on any atom is -0.103 e. The van der Waals surface area contributed by atoms with Gasteiger partial charge in [0, 0.05) is 0 Å². The Hall–Kier alpha value is -0.170. The van der Waals surface area contributed by atoms with Crippen LogP contribution in [-0.2, 0) is 0 Å². The predicted octanol–water partition coefficient (Wildman–Crippen LogP) is 4.20. The molecule has 0 aliphatic carbocycles. The molecule has 0 N–H and O–H groups in total. The average molecular weight is 170 g/mol. The summed E-state index contributed by atoms with van der Waals surface area (Å²) in [4.78, 5) is 1.22. The van der Waals surface area contributed by atoms with E-state index in [1.165, 1.54) is 4.91 Å². The molecule has 0 unspecified atom stereocenters. The molecule has 0 aromatic carbocycles. The van der Waals surface area contributed by atoms with Crippen molar-refractivity contribution in [2.75, 3.05) is 0 Å². The maximum Gasteiger partial charge on any atom is -0.00746 e. The summed E-state index contributed by atoms with van der Waals surface area (Å²) >= 11 is 1.73. The van der Waals surface area contributed by atoms with Crippen LogP contribution < -0.4 is 0 Å². The first-order chi connectivity index (χ1) is 4.98. The third kappa shape index (κ3) is 5.14. The average Bonchev–Trinajstić information content (AvgIpc) is 1.86. The lowest BCUT2D eigenvalue weighted by Crippen LogP contribution is -2.04. The molecule has 0 aliphatic heterocycles. The second-order valence-corrected chi connectivity index (χ2v) is 4.57. The summed E-state index contributed by atoms with van der Waals surface area (Å²) in [5.41, 5.74) is 0.225. The van der Waals surface area contributed by atoms with Gasteiger partial charge in [0.2, 0.25) is 0 Å². The monoisotopic (exact) mass is 170 g/mol. The molecule has 0 aromatic heterocycles. The normalized spacial score (nSPS) is 12.4. The number of hydrogen-bond acceptors (Lipinski definition) is 1. The summed E-state index contributed by atoms with van der Waals surface area (Å²) < 4.78 is 0. The van der Waals surface area contributed by atoms with Gasteiger partial charge in [0.1, 0.15) is 0 Å². The van der Waals surface area contributed by atoms with Crippen molar-refractivity contribution >= 4 is 11.8 Å². The van der Waals surface area contributed by atoms with Gasteiger partial charge in [0.05, 0.1) is 0 Å². The van der Waals surface area contributed by atoms with Gasteiger partial charge in [-0.3, -0.25) is 0 Å². The molecule has 0 saturated heterocycles. The second-order valence-electron chi connectivity index (χ2n) is 3.57. The fourth-order valence-electron chi connectivity index (χ4n) is 0.403. The topological polar surface area (TPSA) is 0 Å². The van der Waals surface area contributed by atoms with Crippen LogP contribution in [0.25, 0.3) is 0 Å². The third-order valence-corrected chi connectivity index (χ3v) is 2.60. The molecule has 0 aliphatic rings. The minimum atomic E-state index is 0.225. The van der Waals surface area contributed by atoms with Gasteiger partial charge in [-0.15, -0.1) is 11.8 Å². The SMILES string of the molecule is C=C(S/C=C/CC)C(C)(C)C. The van der Waals surface area contributed by atoms with Crippen molar-refractivity contribution in [3.8, 4) is 0 Å². The summed E-state index contributed by atoms with van der Waals surface area (Å²) in [6.45, 7) is 12.7. The van der Waals surface area contributed by atoms with Crippen molar-refractivity contribution in [3.63, 3.8) is 0 Å². The molecule has 0 amide bonds. The Morgan fingerprint density at radius 3 is 2.36 bits per heavy atom. The fraction of sp³-hybridized carbons (Fsp3) is 0.600. The third-order valence-electron chi connectivity index (χ3n) is 1.38. The van der Waals surface area contributed by atoms with Crippen molar-refractivity contribution in [2.24, 2.45) is 5.41 Å². The Balaban J connectivity index is 3.80. The summed E-state index contributed by atoms with van der Waals surface area (Å²) in [5.74, 6) is 0. The van der Waals surface area contributed by atoms with Crippen molar-refractivity contribution in [3.05, 3.63) is 23.0 Å². The van der Waals surface area contributed by atoms with Gasteiger partial charge in [-0.25, -0.2) is 0 Å². The Morgan fingerprint density at radius 1 is 1.45 bits per heavy atom. The van der Waals surface area contributed by atoms with Gasteiger partial charge < -0.3 is 0 Å². The van der Waals surface area contributed by atoms with Crippen molar-refractivity contribution in [1.82, 2.24) is 0 Å². The molecule has 1 heteroatoms. The van der Waals surface area contributed by atoms with Crippen LogP contribution in [-0.4, -0.2) is 0 Å². The van der Waals surface area contributed by atoms with E-state index in [0.29, 0.717) is 0 Å². The predicted molar refractivity (Wildman–Crippen MR) is 55.6 cm³/mol. The summed E-state index contributed by atoms with van der Waals surface area (Å²) in [6, 6.07) is 0. The van der Waals surface area contributed by atoms with Crippen LogP contribution in [0.5, 0.6) is 0 Å². The second kappa shape index (κ2) is 4.66. The van der Waals surface area contributed by atoms with E-state index in [1.54, 1.807) is 11.8 Å². The van der Waals surface area contributed by atoms with Gasteiger partial charge in [-0.05, 0) is 22.1 Å². The zero-order valence-electron chi connectivity index (χ0n) is 7.98. The van der Waals surface area contributed by atoms with Gasteiger partial charge in [-0.1, -0.05) is 40.3 Å². The van der Waals surface area contributed by atoms with E-state index in [1.807, 2.05) is 0 Å². The van der Waals surface area contributed by atoms with E-state index in [-0.39, 0.29) is 5.41 Å². The van der Waals surface area contributed by atoms with E-state index in [4.69, 9.17) is 0 Å². The lowest BCUT2D eigenvalue weighted by Gasteiger charge is -2.19.